The lowest BCUT2D eigenvalue weighted by atomic mass is 10.1. The van der Waals surface area contributed by atoms with E-state index >= 15 is 0 Å². The molecule has 0 aliphatic rings. The first-order chi connectivity index (χ1) is 12.9. The molecule has 0 aliphatic carbocycles. The van der Waals surface area contributed by atoms with E-state index in [0.717, 1.165) is 0 Å². The molecule has 0 fully saturated rings. The van der Waals surface area contributed by atoms with Gasteiger partial charge >= 0.3 is 0 Å². The summed E-state index contributed by atoms with van der Waals surface area (Å²) in [5.41, 5.74) is 0.349. The number of nitrogens with one attached hydrogen (secondary N) is 2. The van der Waals surface area contributed by atoms with Gasteiger partial charge in [0.2, 0.25) is 5.91 Å². The molecule has 2 rings (SSSR count). The van der Waals surface area contributed by atoms with E-state index in [-0.39, 0.29) is 23.6 Å². The Bertz CT molecular complexity index is 922. The molecule has 2 N–H and O–H groups in total. The second-order valence-electron chi connectivity index (χ2n) is 5.69. The monoisotopic (exact) mass is 385 g/mol. The summed E-state index contributed by atoms with van der Waals surface area (Å²) in [6.45, 7) is -0.234. The highest BCUT2D eigenvalue weighted by molar-refractivity contribution is 7.91. The molecule has 0 bridgehead atoms. The predicted molar refractivity (Wildman–Crippen MR) is 99.4 cm³/mol. The molecule has 0 aliphatic heterocycles. The van der Waals surface area contributed by atoms with E-state index in [4.69, 9.17) is 5.26 Å². The zero-order valence-electron chi connectivity index (χ0n) is 14.5. The molecule has 140 valence electrons. The Morgan fingerprint density at radius 1 is 1.00 bits per heavy atom. The Hall–Kier alpha value is -3.18. The van der Waals surface area contributed by atoms with Gasteiger partial charge in [-0.2, -0.15) is 5.26 Å². The molecule has 0 unspecified atom stereocenters. The SMILES string of the molecule is N#CCNC(=O)[C@@H](CCS(=O)(=O)c1ccccc1)NC(=O)c1ccccc1. The number of nitrogens with zero attached hydrogens (tertiary/aromatic N) is 1. The fourth-order valence-corrected chi connectivity index (χ4v) is 3.72. The summed E-state index contributed by atoms with van der Waals surface area (Å²) in [6, 6.07) is 16.9. The van der Waals surface area contributed by atoms with Crippen LogP contribution in [0.5, 0.6) is 0 Å². The van der Waals surface area contributed by atoms with E-state index in [1.54, 1.807) is 54.6 Å². The first kappa shape index (κ1) is 20.1. The van der Waals surface area contributed by atoms with E-state index in [1.165, 1.54) is 12.1 Å². The summed E-state index contributed by atoms with van der Waals surface area (Å²) in [6.07, 6.45) is -0.118. The first-order valence-corrected chi connectivity index (χ1v) is 9.87. The van der Waals surface area contributed by atoms with Gasteiger partial charge in [-0.05, 0) is 30.7 Å². The van der Waals surface area contributed by atoms with E-state index in [9.17, 15) is 18.0 Å². The third-order valence-corrected chi connectivity index (χ3v) is 5.54. The van der Waals surface area contributed by atoms with Gasteiger partial charge in [-0.25, -0.2) is 8.42 Å². The molecule has 8 heteroatoms. The van der Waals surface area contributed by atoms with Crippen LogP contribution in [0.4, 0.5) is 0 Å². The number of amides is 2. The standard InChI is InChI=1S/C19H19N3O4S/c20-12-13-21-19(24)17(22-18(23)15-7-3-1-4-8-15)11-14-27(25,26)16-9-5-2-6-10-16/h1-10,17H,11,13-14H2,(H,21,24)(H,22,23)/t17-/m1/s1. The van der Waals surface area contributed by atoms with Crippen molar-refractivity contribution in [1.82, 2.24) is 10.6 Å². The van der Waals surface area contributed by atoms with Gasteiger partial charge in [0.25, 0.3) is 5.91 Å². The fourth-order valence-electron chi connectivity index (χ4n) is 2.37. The molecule has 2 aromatic rings. The van der Waals surface area contributed by atoms with Gasteiger partial charge in [0.15, 0.2) is 9.84 Å². The van der Waals surface area contributed by atoms with Crippen molar-refractivity contribution in [2.45, 2.75) is 17.4 Å². The quantitative estimate of drug-likeness (QED) is 0.664. The average molecular weight is 385 g/mol. The predicted octanol–water partition coefficient (Wildman–Crippen LogP) is 1.29. The van der Waals surface area contributed by atoms with E-state index in [1.807, 2.05) is 0 Å². The Morgan fingerprint density at radius 2 is 1.59 bits per heavy atom. The largest absolute Gasteiger partial charge is 0.341 e. The van der Waals surface area contributed by atoms with E-state index < -0.39 is 27.7 Å². The molecular weight excluding hydrogens is 366 g/mol. The molecule has 0 radical (unpaired) electrons. The Balaban J connectivity index is 2.11. The van der Waals surface area contributed by atoms with Gasteiger partial charge in [-0.1, -0.05) is 36.4 Å². The molecule has 27 heavy (non-hydrogen) atoms. The highest BCUT2D eigenvalue weighted by Crippen LogP contribution is 2.12. The molecule has 0 aromatic heterocycles. The molecule has 0 saturated heterocycles. The van der Waals surface area contributed by atoms with Crippen molar-refractivity contribution in [3.8, 4) is 6.07 Å². The van der Waals surface area contributed by atoms with Crippen LogP contribution in [-0.4, -0.2) is 38.6 Å². The normalized spacial score (nSPS) is 11.8. The second kappa shape index (κ2) is 9.50. The van der Waals surface area contributed by atoms with Gasteiger partial charge in [-0.15, -0.1) is 0 Å². The van der Waals surface area contributed by atoms with Crippen LogP contribution in [0.25, 0.3) is 0 Å². The van der Waals surface area contributed by atoms with Crippen LogP contribution in [-0.2, 0) is 14.6 Å². The number of rotatable bonds is 8. The lowest BCUT2D eigenvalue weighted by Gasteiger charge is -2.18. The smallest absolute Gasteiger partial charge is 0.251 e. The second-order valence-corrected chi connectivity index (χ2v) is 7.80. The molecule has 0 saturated carbocycles. The molecule has 0 spiro atoms. The number of nitriles is 1. The zero-order chi connectivity index (χ0) is 19.7. The van der Waals surface area contributed by atoms with Crippen LogP contribution in [0.1, 0.15) is 16.8 Å². The third kappa shape index (κ3) is 5.94. The molecule has 1 atom stereocenters. The summed E-state index contributed by atoms with van der Waals surface area (Å²) in [4.78, 5) is 24.7. The summed E-state index contributed by atoms with van der Waals surface area (Å²) in [7, 11) is -3.61. The van der Waals surface area contributed by atoms with Gasteiger partial charge in [0.1, 0.15) is 12.6 Å². The van der Waals surface area contributed by atoms with Crippen LogP contribution in [0.2, 0.25) is 0 Å². The van der Waals surface area contributed by atoms with Crippen molar-refractivity contribution >= 4 is 21.7 Å². The number of sulfone groups is 1. The molecule has 0 heterocycles. The van der Waals surface area contributed by atoms with E-state index in [2.05, 4.69) is 10.6 Å². The third-order valence-electron chi connectivity index (χ3n) is 3.78. The highest BCUT2D eigenvalue weighted by atomic mass is 32.2. The Kier molecular flexibility index (Phi) is 7.08. The molecule has 7 nitrogen and oxygen atoms in total. The van der Waals surface area contributed by atoms with Gasteiger partial charge in [-0.3, -0.25) is 9.59 Å². The van der Waals surface area contributed by atoms with Crippen molar-refractivity contribution in [2.75, 3.05) is 12.3 Å². The lowest BCUT2D eigenvalue weighted by molar-refractivity contribution is -0.122. The maximum atomic E-state index is 12.4. The highest BCUT2D eigenvalue weighted by Gasteiger charge is 2.24. The first-order valence-electron chi connectivity index (χ1n) is 8.22. The summed E-state index contributed by atoms with van der Waals surface area (Å²) < 4.78 is 24.9. The van der Waals surface area contributed by atoms with Crippen molar-refractivity contribution in [3.05, 3.63) is 66.2 Å². The van der Waals surface area contributed by atoms with E-state index in [0.29, 0.717) is 5.56 Å². The van der Waals surface area contributed by atoms with Crippen molar-refractivity contribution in [1.29, 1.82) is 5.26 Å². The minimum atomic E-state index is -3.61. The van der Waals surface area contributed by atoms with Crippen LogP contribution in [0, 0.1) is 11.3 Å². The van der Waals surface area contributed by atoms with Gasteiger partial charge in [0, 0.05) is 5.56 Å². The van der Waals surface area contributed by atoms with Crippen molar-refractivity contribution in [2.24, 2.45) is 0 Å². The van der Waals surface area contributed by atoms with Crippen molar-refractivity contribution in [3.63, 3.8) is 0 Å². The minimum absolute atomic E-state index is 0.118. The summed E-state index contributed by atoms with van der Waals surface area (Å²) in [5, 5.41) is 13.5. The Labute approximate surface area is 157 Å². The van der Waals surface area contributed by atoms with Crippen LogP contribution in [0.3, 0.4) is 0 Å². The van der Waals surface area contributed by atoms with Crippen LogP contribution < -0.4 is 10.6 Å². The van der Waals surface area contributed by atoms with Crippen LogP contribution in [0.15, 0.2) is 65.6 Å². The zero-order valence-corrected chi connectivity index (χ0v) is 15.3. The molecular formula is C19H19N3O4S. The minimum Gasteiger partial charge on any atom is -0.341 e. The fraction of sp³-hybridized carbons (Fsp3) is 0.211. The number of hydrogen-bond donors (Lipinski definition) is 2. The number of carbonyl (C=O) groups excluding carboxylic acids is 2. The van der Waals surface area contributed by atoms with Gasteiger partial charge < -0.3 is 10.6 Å². The van der Waals surface area contributed by atoms with Crippen LogP contribution >= 0.6 is 0 Å². The molecule has 2 aromatic carbocycles. The summed E-state index contributed by atoms with van der Waals surface area (Å²) >= 11 is 0. The number of hydrogen-bond acceptors (Lipinski definition) is 5. The topological polar surface area (TPSA) is 116 Å². The van der Waals surface area contributed by atoms with Crippen molar-refractivity contribution < 1.29 is 18.0 Å². The maximum absolute atomic E-state index is 12.4. The Morgan fingerprint density at radius 3 is 2.19 bits per heavy atom. The molecule has 2 amide bonds. The number of carbonyl (C=O) groups is 2. The summed E-state index contributed by atoms with van der Waals surface area (Å²) in [5.74, 6) is -1.43. The van der Waals surface area contributed by atoms with Gasteiger partial charge in [0.05, 0.1) is 16.7 Å². The average Bonchev–Trinajstić information content (AvgIpc) is 2.70. The lowest BCUT2D eigenvalue weighted by Crippen LogP contribution is -2.47. The number of benzene rings is 2. The maximum Gasteiger partial charge on any atom is 0.251 e.